The standard InChI is InChI=1S/C25H21ClF3N3O4/c1-11-14-5-6-18(25(27,28)29)21(26)17(14)10-31(11)23(35)13-3-4-15-16(9-13)12(2)32(24(15)36)19-7-8-20(33)30-22(19)34/h3-6,9,11-12,19H,7-8,10H2,1-2H3,(H,30,33,34)/t11-,12+,19-/m0/s1. The molecule has 11 heteroatoms. The molecule has 36 heavy (non-hydrogen) atoms. The van der Waals surface area contributed by atoms with Gasteiger partial charge in [-0.15, -0.1) is 0 Å². The number of rotatable bonds is 2. The number of alkyl halides is 3. The first-order valence-electron chi connectivity index (χ1n) is 11.4. The van der Waals surface area contributed by atoms with Crippen LogP contribution in [0.4, 0.5) is 13.2 Å². The van der Waals surface area contributed by atoms with Gasteiger partial charge in [0.05, 0.1) is 22.7 Å². The monoisotopic (exact) mass is 519 g/mol. The van der Waals surface area contributed by atoms with Crippen LogP contribution in [0, 0.1) is 0 Å². The van der Waals surface area contributed by atoms with Gasteiger partial charge in [-0.3, -0.25) is 24.5 Å². The Morgan fingerprint density at radius 3 is 2.44 bits per heavy atom. The Kier molecular flexibility index (Phi) is 5.62. The Hall–Kier alpha value is -3.40. The molecule has 5 rings (SSSR count). The Bertz CT molecular complexity index is 1340. The molecule has 0 spiro atoms. The minimum Gasteiger partial charge on any atom is -0.327 e. The molecule has 3 aliphatic heterocycles. The molecule has 0 aliphatic carbocycles. The first-order chi connectivity index (χ1) is 16.9. The number of carbonyl (C=O) groups is 4. The van der Waals surface area contributed by atoms with Crippen LogP contribution >= 0.6 is 11.6 Å². The van der Waals surface area contributed by atoms with Crippen molar-refractivity contribution in [2.45, 2.75) is 57.5 Å². The fourth-order valence-electron chi connectivity index (χ4n) is 5.36. The van der Waals surface area contributed by atoms with Crippen molar-refractivity contribution >= 4 is 35.2 Å². The average Bonchev–Trinajstić information content (AvgIpc) is 3.27. The topological polar surface area (TPSA) is 86.8 Å². The van der Waals surface area contributed by atoms with E-state index in [2.05, 4.69) is 5.32 Å². The molecule has 7 nitrogen and oxygen atoms in total. The molecule has 2 aromatic carbocycles. The highest BCUT2D eigenvalue weighted by Crippen LogP contribution is 2.44. The molecule has 0 saturated carbocycles. The van der Waals surface area contributed by atoms with Gasteiger partial charge in [0.15, 0.2) is 0 Å². The molecule has 0 radical (unpaired) electrons. The van der Waals surface area contributed by atoms with E-state index in [9.17, 15) is 32.3 Å². The largest absolute Gasteiger partial charge is 0.417 e. The van der Waals surface area contributed by atoms with Crippen molar-refractivity contribution in [3.63, 3.8) is 0 Å². The number of halogens is 4. The van der Waals surface area contributed by atoms with Gasteiger partial charge in [0, 0.05) is 24.1 Å². The van der Waals surface area contributed by atoms with Crippen LogP contribution in [-0.2, 0) is 22.3 Å². The summed E-state index contributed by atoms with van der Waals surface area (Å²) in [4.78, 5) is 53.3. The molecular weight excluding hydrogens is 499 g/mol. The minimum absolute atomic E-state index is 0.0773. The maximum Gasteiger partial charge on any atom is 0.417 e. The third-order valence-electron chi connectivity index (χ3n) is 7.27. The normalized spacial score (nSPS) is 23.6. The Labute approximate surface area is 209 Å². The second-order valence-electron chi connectivity index (χ2n) is 9.26. The maximum absolute atomic E-state index is 13.4. The smallest absolute Gasteiger partial charge is 0.327 e. The summed E-state index contributed by atoms with van der Waals surface area (Å²) in [5, 5.41) is 1.85. The molecule has 0 aromatic heterocycles. The van der Waals surface area contributed by atoms with Crippen LogP contribution < -0.4 is 5.32 Å². The van der Waals surface area contributed by atoms with Crippen LogP contribution in [0.5, 0.6) is 0 Å². The highest BCUT2D eigenvalue weighted by atomic mass is 35.5. The van der Waals surface area contributed by atoms with E-state index in [4.69, 9.17) is 11.6 Å². The van der Waals surface area contributed by atoms with Crippen LogP contribution in [0.2, 0.25) is 5.02 Å². The fraction of sp³-hybridized carbons (Fsp3) is 0.360. The zero-order valence-corrected chi connectivity index (χ0v) is 20.0. The van der Waals surface area contributed by atoms with Gasteiger partial charge >= 0.3 is 6.18 Å². The van der Waals surface area contributed by atoms with Gasteiger partial charge in [0.25, 0.3) is 11.8 Å². The average molecular weight is 520 g/mol. The van der Waals surface area contributed by atoms with Crippen molar-refractivity contribution in [1.29, 1.82) is 0 Å². The van der Waals surface area contributed by atoms with E-state index in [1.807, 2.05) is 0 Å². The van der Waals surface area contributed by atoms with Gasteiger partial charge in [-0.05, 0) is 61.2 Å². The van der Waals surface area contributed by atoms with Crippen LogP contribution in [0.1, 0.15) is 81.7 Å². The lowest BCUT2D eigenvalue weighted by Gasteiger charge is -2.32. The van der Waals surface area contributed by atoms with Crippen molar-refractivity contribution in [2.75, 3.05) is 0 Å². The zero-order valence-electron chi connectivity index (χ0n) is 19.3. The van der Waals surface area contributed by atoms with Crippen molar-refractivity contribution in [2.24, 2.45) is 0 Å². The summed E-state index contributed by atoms with van der Waals surface area (Å²) in [6.07, 6.45) is -4.27. The fourth-order valence-corrected chi connectivity index (χ4v) is 5.69. The summed E-state index contributed by atoms with van der Waals surface area (Å²) in [7, 11) is 0. The molecule has 1 saturated heterocycles. The number of hydrogen-bond donors (Lipinski definition) is 1. The van der Waals surface area contributed by atoms with E-state index in [1.165, 1.54) is 28.0 Å². The second-order valence-corrected chi connectivity index (χ2v) is 9.64. The summed E-state index contributed by atoms with van der Waals surface area (Å²) in [6, 6.07) is 5.08. The molecule has 3 aliphatic rings. The lowest BCUT2D eigenvalue weighted by Crippen LogP contribution is -2.53. The van der Waals surface area contributed by atoms with Gasteiger partial charge in [0.2, 0.25) is 11.8 Å². The van der Waals surface area contributed by atoms with Crippen molar-refractivity contribution < 1.29 is 32.3 Å². The molecule has 1 fully saturated rings. The predicted octanol–water partition coefficient (Wildman–Crippen LogP) is 4.40. The van der Waals surface area contributed by atoms with E-state index < -0.39 is 46.7 Å². The molecular formula is C25H21ClF3N3O4. The predicted molar refractivity (Wildman–Crippen MR) is 122 cm³/mol. The number of imide groups is 1. The Morgan fingerprint density at radius 2 is 1.78 bits per heavy atom. The van der Waals surface area contributed by atoms with Crippen LogP contribution in [0.15, 0.2) is 30.3 Å². The highest BCUT2D eigenvalue weighted by Gasteiger charge is 2.44. The van der Waals surface area contributed by atoms with E-state index >= 15 is 0 Å². The number of hydrogen-bond acceptors (Lipinski definition) is 4. The lowest BCUT2D eigenvalue weighted by molar-refractivity contribution is -0.138. The molecule has 4 amide bonds. The highest BCUT2D eigenvalue weighted by molar-refractivity contribution is 6.32. The number of piperidine rings is 1. The first kappa shape index (κ1) is 24.3. The van der Waals surface area contributed by atoms with Crippen molar-refractivity contribution in [3.8, 4) is 0 Å². The lowest BCUT2D eigenvalue weighted by atomic mass is 10.00. The van der Waals surface area contributed by atoms with Crippen molar-refractivity contribution in [3.05, 3.63) is 68.7 Å². The third kappa shape index (κ3) is 3.66. The number of carbonyl (C=O) groups excluding carboxylic acids is 4. The zero-order chi connectivity index (χ0) is 26.1. The number of benzene rings is 2. The van der Waals surface area contributed by atoms with Crippen LogP contribution in [0.25, 0.3) is 0 Å². The number of amides is 4. The molecule has 0 unspecified atom stereocenters. The summed E-state index contributed by atoms with van der Waals surface area (Å²) < 4.78 is 39.9. The van der Waals surface area contributed by atoms with Gasteiger partial charge in [-0.25, -0.2) is 0 Å². The minimum atomic E-state index is -4.61. The van der Waals surface area contributed by atoms with Gasteiger partial charge in [-0.2, -0.15) is 13.2 Å². The maximum atomic E-state index is 13.4. The second kappa shape index (κ2) is 8.33. The van der Waals surface area contributed by atoms with Gasteiger partial charge in [0.1, 0.15) is 6.04 Å². The third-order valence-corrected chi connectivity index (χ3v) is 7.70. The van der Waals surface area contributed by atoms with E-state index in [-0.39, 0.29) is 42.3 Å². The SMILES string of the molecule is C[C@@H]1c2cc(C(=O)N3Cc4c(ccc(C(F)(F)F)c4Cl)[C@@H]3C)ccc2C(=O)N1[C@H]1CCC(=O)NC1=O. The van der Waals surface area contributed by atoms with E-state index in [1.54, 1.807) is 19.9 Å². The molecule has 188 valence electrons. The number of fused-ring (bicyclic) bond motifs is 2. The quantitative estimate of drug-likeness (QED) is 0.596. The number of nitrogens with zero attached hydrogens (tertiary/aromatic N) is 2. The van der Waals surface area contributed by atoms with E-state index in [0.717, 1.165) is 6.07 Å². The molecule has 0 bridgehead atoms. The Balaban J connectivity index is 1.42. The molecule has 3 heterocycles. The van der Waals surface area contributed by atoms with Crippen LogP contribution in [-0.4, -0.2) is 39.5 Å². The van der Waals surface area contributed by atoms with Gasteiger partial charge < -0.3 is 9.80 Å². The van der Waals surface area contributed by atoms with E-state index in [0.29, 0.717) is 16.7 Å². The first-order valence-corrected chi connectivity index (χ1v) is 11.8. The summed E-state index contributed by atoms with van der Waals surface area (Å²) in [6.45, 7) is 3.39. The molecule has 1 N–H and O–H groups in total. The molecule has 2 aromatic rings. The number of nitrogens with one attached hydrogen (secondary N) is 1. The van der Waals surface area contributed by atoms with Crippen molar-refractivity contribution in [1.82, 2.24) is 15.1 Å². The van der Waals surface area contributed by atoms with Crippen LogP contribution in [0.3, 0.4) is 0 Å². The molecule has 3 atom stereocenters. The summed E-state index contributed by atoms with van der Waals surface area (Å²) in [5.41, 5.74) is 1.07. The Morgan fingerprint density at radius 1 is 1.06 bits per heavy atom. The van der Waals surface area contributed by atoms with Gasteiger partial charge in [-0.1, -0.05) is 17.7 Å². The summed E-state index contributed by atoms with van der Waals surface area (Å²) in [5.74, 6) is -1.69. The summed E-state index contributed by atoms with van der Waals surface area (Å²) >= 11 is 6.09.